The third-order valence-corrected chi connectivity index (χ3v) is 4.63. The summed E-state index contributed by atoms with van der Waals surface area (Å²) in [4.78, 5) is 4.00. The fraction of sp³-hybridized carbons (Fsp3) is 0.462. The van der Waals surface area contributed by atoms with Crippen LogP contribution in [0.4, 0.5) is 0 Å². The van der Waals surface area contributed by atoms with E-state index in [0.29, 0.717) is 11.6 Å². The average molecular weight is 313 g/mol. The topological polar surface area (TPSA) is 97.4 Å². The lowest BCUT2D eigenvalue weighted by Gasteiger charge is -2.15. The van der Waals surface area contributed by atoms with Crippen LogP contribution in [0.2, 0.25) is 0 Å². The Morgan fingerprint density at radius 2 is 2.24 bits per heavy atom. The summed E-state index contributed by atoms with van der Waals surface area (Å²) in [6, 6.07) is 2.86. The summed E-state index contributed by atoms with van der Waals surface area (Å²) in [7, 11) is -1.97. The molecule has 0 saturated heterocycles. The molecule has 0 aliphatic rings. The molecule has 2 heterocycles. The molecular formula is C13H19N3O4S. The van der Waals surface area contributed by atoms with Gasteiger partial charge in [-0.3, -0.25) is 0 Å². The number of aryl methyl sites for hydroxylation is 2. The summed E-state index contributed by atoms with van der Waals surface area (Å²) in [5, 5.41) is 9.92. The summed E-state index contributed by atoms with van der Waals surface area (Å²) in [5.74, 6) is 1.02. The van der Waals surface area contributed by atoms with Crippen LogP contribution < -0.4 is 4.72 Å². The second-order valence-corrected chi connectivity index (χ2v) is 6.69. The number of nitrogens with zero attached hydrogens (tertiary/aromatic N) is 2. The number of rotatable bonds is 6. The summed E-state index contributed by atoms with van der Waals surface area (Å²) < 4.78 is 33.6. The fourth-order valence-corrected chi connectivity index (χ4v) is 3.26. The van der Waals surface area contributed by atoms with Crippen LogP contribution in [0, 0.1) is 6.92 Å². The standard InChI is InChI=1S/C13H19N3O4S/c1-9(7-11(17)12-5-4-6-20-12)15-21(18,19)13-8-16(3)10(2)14-13/h4-6,8-9,11,15,17H,7H2,1-3H3/t9-,11-/m0/s1. The van der Waals surface area contributed by atoms with Crippen molar-refractivity contribution in [1.82, 2.24) is 14.3 Å². The van der Waals surface area contributed by atoms with E-state index in [4.69, 9.17) is 4.42 Å². The van der Waals surface area contributed by atoms with Gasteiger partial charge in [-0.2, -0.15) is 0 Å². The van der Waals surface area contributed by atoms with Gasteiger partial charge in [0.25, 0.3) is 10.0 Å². The molecule has 0 aliphatic carbocycles. The molecule has 0 amide bonds. The number of furan rings is 1. The van der Waals surface area contributed by atoms with Gasteiger partial charge in [-0.15, -0.1) is 0 Å². The smallest absolute Gasteiger partial charge is 0.259 e. The highest BCUT2D eigenvalue weighted by Crippen LogP contribution is 2.19. The molecular weight excluding hydrogens is 294 g/mol. The predicted octanol–water partition coefficient (Wildman–Crippen LogP) is 1.11. The van der Waals surface area contributed by atoms with Gasteiger partial charge in [-0.1, -0.05) is 0 Å². The highest BCUT2D eigenvalue weighted by Gasteiger charge is 2.23. The average Bonchev–Trinajstić information content (AvgIpc) is 2.99. The molecule has 116 valence electrons. The van der Waals surface area contributed by atoms with Gasteiger partial charge >= 0.3 is 0 Å². The van der Waals surface area contributed by atoms with Crippen molar-refractivity contribution in [2.24, 2.45) is 7.05 Å². The Bertz CT molecular complexity index is 672. The van der Waals surface area contributed by atoms with Gasteiger partial charge in [-0.25, -0.2) is 18.1 Å². The van der Waals surface area contributed by atoms with E-state index in [0.717, 1.165) is 0 Å². The lowest BCUT2D eigenvalue weighted by atomic mass is 10.1. The van der Waals surface area contributed by atoms with E-state index in [2.05, 4.69) is 9.71 Å². The predicted molar refractivity (Wildman–Crippen MR) is 76.0 cm³/mol. The zero-order valence-electron chi connectivity index (χ0n) is 12.1. The molecule has 2 aromatic rings. The summed E-state index contributed by atoms with van der Waals surface area (Å²) in [5.41, 5.74) is 0. The van der Waals surface area contributed by atoms with Crippen LogP contribution in [0.1, 0.15) is 31.0 Å². The first kappa shape index (κ1) is 15.7. The molecule has 0 radical (unpaired) electrons. The molecule has 0 spiro atoms. The van der Waals surface area contributed by atoms with Crippen molar-refractivity contribution in [2.75, 3.05) is 0 Å². The first-order chi connectivity index (χ1) is 9.79. The molecule has 2 aromatic heterocycles. The number of sulfonamides is 1. The SMILES string of the molecule is Cc1nc(S(=O)(=O)N[C@@H](C)C[C@H](O)c2ccco2)cn1C. The van der Waals surface area contributed by atoms with Crippen LogP contribution in [0.25, 0.3) is 0 Å². The van der Waals surface area contributed by atoms with Crippen LogP contribution in [-0.2, 0) is 17.1 Å². The summed E-state index contributed by atoms with van der Waals surface area (Å²) in [6.45, 7) is 3.41. The highest BCUT2D eigenvalue weighted by atomic mass is 32.2. The van der Waals surface area contributed by atoms with Gasteiger partial charge in [0.1, 0.15) is 17.7 Å². The molecule has 0 aliphatic heterocycles. The Hall–Kier alpha value is -1.64. The number of nitrogens with one attached hydrogen (secondary N) is 1. The van der Waals surface area contributed by atoms with E-state index in [1.807, 2.05) is 0 Å². The van der Waals surface area contributed by atoms with Crippen molar-refractivity contribution < 1.29 is 17.9 Å². The number of hydrogen-bond acceptors (Lipinski definition) is 5. The number of imidazole rings is 1. The molecule has 0 fully saturated rings. The van der Waals surface area contributed by atoms with E-state index in [-0.39, 0.29) is 11.4 Å². The fourth-order valence-electron chi connectivity index (χ4n) is 1.96. The normalized spacial score (nSPS) is 15.0. The van der Waals surface area contributed by atoms with Crippen molar-refractivity contribution in [3.8, 4) is 0 Å². The van der Waals surface area contributed by atoms with E-state index in [1.54, 1.807) is 37.6 Å². The third kappa shape index (κ3) is 3.72. The Kier molecular flexibility index (Phi) is 4.50. The Labute approximate surface area is 123 Å². The van der Waals surface area contributed by atoms with Crippen LogP contribution >= 0.6 is 0 Å². The lowest BCUT2D eigenvalue weighted by Crippen LogP contribution is -2.34. The van der Waals surface area contributed by atoms with E-state index in [1.165, 1.54) is 12.5 Å². The molecule has 2 N–H and O–H groups in total. The van der Waals surface area contributed by atoms with Crippen LogP contribution in [0.3, 0.4) is 0 Å². The van der Waals surface area contributed by atoms with E-state index in [9.17, 15) is 13.5 Å². The molecule has 0 unspecified atom stereocenters. The van der Waals surface area contributed by atoms with Crippen LogP contribution in [0.5, 0.6) is 0 Å². The quantitative estimate of drug-likeness (QED) is 0.832. The molecule has 2 rings (SSSR count). The Morgan fingerprint density at radius 1 is 1.52 bits per heavy atom. The van der Waals surface area contributed by atoms with Crippen LogP contribution in [-0.4, -0.2) is 29.1 Å². The van der Waals surface area contributed by atoms with Crippen molar-refractivity contribution in [3.63, 3.8) is 0 Å². The maximum absolute atomic E-state index is 12.2. The van der Waals surface area contributed by atoms with E-state index >= 15 is 0 Å². The van der Waals surface area contributed by atoms with Gasteiger partial charge in [0.15, 0.2) is 5.03 Å². The monoisotopic (exact) mass is 313 g/mol. The van der Waals surface area contributed by atoms with Crippen molar-refractivity contribution >= 4 is 10.0 Å². The van der Waals surface area contributed by atoms with Crippen molar-refractivity contribution in [1.29, 1.82) is 0 Å². The van der Waals surface area contributed by atoms with Crippen LogP contribution in [0.15, 0.2) is 34.0 Å². The zero-order chi connectivity index (χ0) is 15.6. The van der Waals surface area contributed by atoms with Gasteiger partial charge in [-0.05, 0) is 32.4 Å². The zero-order valence-corrected chi connectivity index (χ0v) is 13.0. The molecule has 0 saturated carbocycles. The molecule has 21 heavy (non-hydrogen) atoms. The Morgan fingerprint density at radius 3 is 2.76 bits per heavy atom. The maximum Gasteiger partial charge on any atom is 0.259 e. The number of aromatic nitrogens is 2. The van der Waals surface area contributed by atoms with Crippen molar-refractivity contribution in [2.45, 2.75) is 37.4 Å². The van der Waals surface area contributed by atoms with Gasteiger partial charge in [0.2, 0.25) is 0 Å². The molecule has 0 bridgehead atoms. The van der Waals surface area contributed by atoms with Gasteiger partial charge in [0.05, 0.1) is 6.26 Å². The Balaban J connectivity index is 2.03. The number of hydrogen-bond donors (Lipinski definition) is 2. The summed E-state index contributed by atoms with van der Waals surface area (Å²) in [6.07, 6.45) is 2.26. The van der Waals surface area contributed by atoms with Gasteiger partial charge < -0.3 is 14.1 Å². The highest BCUT2D eigenvalue weighted by molar-refractivity contribution is 7.89. The summed E-state index contributed by atoms with van der Waals surface area (Å²) >= 11 is 0. The second-order valence-electron chi connectivity index (χ2n) is 5.03. The van der Waals surface area contributed by atoms with Gasteiger partial charge in [0, 0.05) is 19.3 Å². The molecule has 7 nitrogen and oxygen atoms in total. The molecule has 0 aromatic carbocycles. The number of aliphatic hydroxyl groups is 1. The van der Waals surface area contributed by atoms with Crippen molar-refractivity contribution in [3.05, 3.63) is 36.2 Å². The minimum Gasteiger partial charge on any atom is -0.467 e. The van der Waals surface area contributed by atoms with E-state index < -0.39 is 22.2 Å². The minimum absolute atomic E-state index is 0.0261. The first-order valence-electron chi connectivity index (χ1n) is 6.53. The number of aliphatic hydroxyl groups excluding tert-OH is 1. The molecule has 2 atom stereocenters. The maximum atomic E-state index is 12.2. The minimum atomic E-state index is -3.70. The first-order valence-corrected chi connectivity index (χ1v) is 8.01. The lowest BCUT2D eigenvalue weighted by molar-refractivity contribution is 0.132. The largest absolute Gasteiger partial charge is 0.467 e. The molecule has 8 heteroatoms. The second kappa shape index (κ2) is 6.00. The third-order valence-electron chi connectivity index (χ3n) is 3.17.